The smallest absolute Gasteiger partial charge is 0.462 e. The number of anilines is 1. The second-order valence-electron chi connectivity index (χ2n) is 7.03. The van der Waals surface area contributed by atoms with Gasteiger partial charge in [0.1, 0.15) is 36.8 Å². The topological polar surface area (TPSA) is 241 Å². The summed E-state index contributed by atoms with van der Waals surface area (Å²) in [6.45, 7) is -0.326. The van der Waals surface area contributed by atoms with Crippen LogP contribution in [0.25, 0.3) is 0 Å². The van der Waals surface area contributed by atoms with Crippen LogP contribution in [0.5, 0.6) is 0 Å². The molecule has 0 radical (unpaired) electrons. The SMILES string of the molecule is Nc1ccn([C@@H]2O[C@H](COC(=O)[C@@H](N)Cc3ccccc3)[C@@H](O)[C@@H]2O)c(=O)n1.O=P(O)(O)O. The fraction of sp³-hybridized carbons (Fsp3) is 0.389. The van der Waals surface area contributed by atoms with Gasteiger partial charge in [-0.2, -0.15) is 4.98 Å². The van der Waals surface area contributed by atoms with Gasteiger partial charge in [-0.3, -0.25) is 9.36 Å². The van der Waals surface area contributed by atoms with E-state index < -0.39 is 50.1 Å². The Balaban J connectivity index is 0.000000696. The Morgan fingerprint density at radius 1 is 1.18 bits per heavy atom. The van der Waals surface area contributed by atoms with E-state index in [2.05, 4.69) is 4.98 Å². The maximum Gasteiger partial charge on any atom is 0.466 e. The Bertz CT molecular complexity index is 1020. The Kier molecular flexibility index (Phi) is 9.22. The van der Waals surface area contributed by atoms with E-state index in [1.165, 1.54) is 12.3 Å². The van der Waals surface area contributed by atoms with Crippen molar-refractivity contribution in [3.63, 3.8) is 0 Å². The highest BCUT2D eigenvalue weighted by Gasteiger charge is 2.44. The highest BCUT2D eigenvalue weighted by Crippen LogP contribution is 2.28. The molecule has 0 amide bonds. The van der Waals surface area contributed by atoms with Crippen molar-refractivity contribution in [1.82, 2.24) is 9.55 Å². The van der Waals surface area contributed by atoms with Crippen molar-refractivity contribution in [3.05, 3.63) is 58.6 Å². The van der Waals surface area contributed by atoms with E-state index >= 15 is 0 Å². The van der Waals surface area contributed by atoms with E-state index in [1.807, 2.05) is 30.3 Å². The van der Waals surface area contributed by atoms with Gasteiger partial charge in [-0.25, -0.2) is 9.36 Å². The van der Waals surface area contributed by atoms with Crippen LogP contribution in [-0.4, -0.2) is 71.4 Å². The average Bonchev–Trinajstić information content (AvgIpc) is 3.00. The molecule has 1 aliphatic rings. The molecule has 0 unspecified atom stereocenters. The molecular formula is C18H25N4O10P. The summed E-state index contributed by atoms with van der Waals surface area (Å²) < 4.78 is 20.5. The minimum atomic E-state index is -4.64. The lowest BCUT2D eigenvalue weighted by atomic mass is 10.1. The number of hydrogen-bond donors (Lipinski definition) is 7. The molecule has 3 rings (SSSR count). The van der Waals surface area contributed by atoms with Crippen LogP contribution < -0.4 is 17.2 Å². The van der Waals surface area contributed by atoms with Crippen LogP contribution in [0.4, 0.5) is 5.82 Å². The fourth-order valence-electron chi connectivity index (χ4n) is 2.94. The zero-order valence-electron chi connectivity index (χ0n) is 17.1. The van der Waals surface area contributed by atoms with Gasteiger partial charge in [0.05, 0.1) is 0 Å². The Morgan fingerprint density at radius 3 is 2.36 bits per heavy atom. The summed E-state index contributed by atoms with van der Waals surface area (Å²) in [5.41, 5.74) is 11.4. The monoisotopic (exact) mass is 488 g/mol. The molecular weight excluding hydrogens is 463 g/mol. The van der Waals surface area contributed by atoms with E-state index in [1.54, 1.807) is 0 Å². The number of esters is 1. The highest BCUT2D eigenvalue weighted by atomic mass is 31.2. The van der Waals surface area contributed by atoms with Crippen LogP contribution in [0.1, 0.15) is 11.8 Å². The van der Waals surface area contributed by atoms with Gasteiger partial charge in [0.25, 0.3) is 0 Å². The number of aromatic nitrogens is 2. The van der Waals surface area contributed by atoms with Crippen molar-refractivity contribution in [2.45, 2.75) is 37.0 Å². The number of carbonyl (C=O) groups is 1. The summed E-state index contributed by atoms with van der Waals surface area (Å²) >= 11 is 0. The summed E-state index contributed by atoms with van der Waals surface area (Å²) in [4.78, 5) is 49.1. The van der Waals surface area contributed by atoms with Gasteiger partial charge in [-0.05, 0) is 18.1 Å². The number of aliphatic hydroxyl groups excluding tert-OH is 2. The van der Waals surface area contributed by atoms with Gasteiger partial charge in [0.2, 0.25) is 0 Å². The molecule has 1 saturated heterocycles. The third-order valence-electron chi connectivity index (χ3n) is 4.45. The van der Waals surface area contributed by atoms with Crippen molar-refractivity contribution >= 4 is 19.6 Å². The Labute approximate surface area is 187 Å². The Hall–Kier alpha value is -2.68. The quantitative estimate of drug-likeness (QED) is 0.166. The molecule has 2 aromatic rings. The van der Waals surface area contributed by atoms with Crippen LogP contribution >= 0.6 is 7.82 Å². The van der Waals surface area contributed by atoms with E-state index in [-0.39, 0.29) is 12.4 Å². The molecule has 1 fully saturated rings. The second-order valence-corrected chi connectivity index (χ2v) is 8.05. The number of aliphatic hydroxyl groups is 2. The molecule has 0 bridgehead atoms. The number of carbonyl (C=O) groups excluding carboxylic acids is 1. The predicted molar refractivity (Wildman–Crippen MR) is 112 cm³/mol. The highest BCUT2D eigenvalue weighted by molar-refractivity contribution is 7.45. The van der Waals surface area contributed by atoms with Crippen LogP contribution in [-0.2, 0) is 25.3 Å². The number of ether oxygens (including phenoxy) is 2. The van der Waals surface area contributed by atoms with Gasteiger partial charge >= 0.3 is 19.5 Å². The summed E-state index contributed by atoms with van der Waals surface area (Å²) in [5.74, 6) is -0.643. The van der Waals surface area contributed by atoms with Gasteiger partial charge in [0, 0.05) is 6.20 Å². The van der Waals surface area contributed by atoms with Crippen LogP contribution in [0.3, 0.4) is 0 Å². The standard InChI is InChI=1S/C18H22N4O6.H3O4P/c19-11(8-10-4-2-1-3-5-10)17(25)27-9-12-14(23)15(24)16(28-12)22-7-6-13(20)21-18(22)26;1-5(2,3)4/h1-7,11-12,14-16,23-24H,8-9,19H2,(H2,20,21,26);(H3,1,2,3,4)/t11-,12+,14+,15-,16+;/m0./s1. The van der Waals surface area contributed by atoms with E-state index in [9.17, 15) is 19.8 Å². The maximum atomic E-state index is 12.1. The van der Waals surface area contributed by atoms with E-state index in [0.29, 0.717) is 6.42 Å². The number of hydrogen-bond acceptors (Lipinski definition) is 10. The molecule has 9 N–H and O–H groups in total. The largest absolute Gasteiger partial charge is 0.466 e. The van der Waals surface area contributed by atoms with Gasteiger partial charge in [-0.1, -0.05) is 30.3 Å². The molecule has 0 spiro atoms. The lowest BCUT2D eigenvalue weighted by Crippen LogP contribution is -2.39. The molecule has 14 nitrogen and oxygen atoms in total. The summed E-state index contributed by atoms with van der Waals surface area (Å²) in [7, 11) is -4.64. The lowest BCUT2D eigenvalue weighted by molar-refractivity contribution is -0.151. The minimum Gasteiger partial charge on any atom is -0.462 e. The maximum absolute atomic E-state index is 12.1. The van der Waals surface area contributed by atoms with Crippen LogP contribution in [0.15, 0.2) is 47.4 Å². The first-order valence-electron chi connectivity index (χ1n) is 9.47. The molecule has 2 heterocycles. The minimum absolute atomic E-state index is 0.0205. The van der Waals surface area contributed by atoms with Crippen LogP contribution in [0, 0.1) is 0 Å². The normalized spacial score (nSPS) is 23.3. The molecule has 0 saturated carbocycles. The molecule has 5 atom stereocenters. The predicted octanol–water partition coefficient (Wildman–Crippen LogP) is -2.37. The van der Waals surface area contributed by atoms with Crippen molar-refractivity contribution in [2.75, 3.05) is 12.3 Å². The first-order valence-corrected chi connectivity index (χ1v) is 11.0. The van der Waals surface area contributed by atoms with E-state index in [0.717, 1.165) is 10.1 Å². The van der Waals surface area contributed by atoms with Crippen molar-refractivity contribution in [3.8, 4) is 0 Å². The molecule has 33 heavy (non-hydrogen) atoms. The molecule has 1 aliphatic heterocycles. The number of benzene rings is 1. The first-order chi connectivity index (χ1) is 15.4. The third-order valence-corrected chi connectivity index (χ3v) is 4.45. The van der Waals surface area contributed by atoms with Crippen molar-refractivity contribution in [2.24, 2.45) is 5.73 Å². The molecule has 15 heteroatoms. The zero-order valence-corrected chi connectivity index (χ0v) is 18.0. The molecule has 1 aromatic carbocycles. The number of nitrogen functional groups attached to an aromatic ring is 1. The van der Waals surface area contributed by atoms with Crippen molar-refractivity contribution in [1.29, 1.82) is 0 Å². The number of phosphoric acid groups is 1. The zero-order chi connectivity index (χ0) is 24.8. The van der Waals surface area contributed by atoms with Gasteiger partial charge < -0.3 is 45.8 Å². The summed E-state index contributed by atoms with van der Waals surface area (Å²) in [6, 6.07) is 9.70. The van der Waals surface area contributed by atoms with Crippen molar-refractivity contribution < 1.29 is 43.7 Å². The number of nitrogens with zero attached hydrogens (tertiary/aromatic N) is 2. The second kappa shape index (κ2) is 11.4. The Morgan fingerprint density at radius 2 is 1.79 bits per heavy atom. The number of rotatable bonds is 6. The van der Waals surface area contributed by atoms with Crippen LogP contribution in [0.2, 0.25) is 0 Å². The van der Waals surface area contributed by atoms with Gasteiger partial charge in [0.15, 0.2) is 6.23 Å². The average molecular weight is 488 g/mol. The lowest BCUT2D eigenvalue weighted by Gasteiger charge is -2.17. The fourth-order valence-corrected chi connectivity index (χ4v) is 2.94. The van der Waals surface area contributed by atoms with E-state index in [4.69, 9.17) is 40.2 Å². The summed E-state index contributed by atoms with van der Waals surface area (Å²) in [5, 5.41) is 20.3. The third kappa shape index (κ3) is 8.31. The first kappa shape index (κ1) is 26.6. The number of nitrogens with two attached hydrogens (primary N) is 2. The molecule has 182 valence electrons. The molecule has 1 aromatic heterocycles. The van der Waals surface area contributed by atoms with Gasteiger partial charge in [-0.15, -0.1) is 0 Å². The summed E-state index contributed by atoms with van der Waals surface area (Å²) in [6.07, 6.45) is -3.40. The molecule has 0 aliphatic carbocycles.